The number of hydrogen-bond donors (Lipinski definition) is 2. The summed E-state index contributed by atoms with van der Waals surface area (Å²) in [5, 5.41) is 5.99. The molecule has 0 aliphatic rings. The van der Waals surface area contributed by atoms with Crippen LogP contribution in [0.4, 0.5) is 5.69 Å². The Balaban J connectivity index is 1.18. The molecule has 0 aliphatic heterocycles. The molecule has 8 heteroatoms. The number of aromatic nitrogens is 2. The molecule has 0 saturated heterocycles. The summed E-state index contributed by atoms with van der Waals surface area (Å²) in [6, 6.07) is 26.1. The molecule has 7 nitrogen and oxygen atoms in total. The van der Waals surface area contributed by atoms with E-state index < -0.39 is 0 Å². The van der Waals surface area contributed by atoms with Gasteiger partial charge in [0.1, 0.15) is 12.4 Å². The first kappa shape index (κ1) is 23.2. The van der Waals surface area contributed by atoms with E-state index in [1.54, 1.807) is 36.5 Å². The maximum absolute atomic E-state index is 12.6. The summed E-state index contributed by atoms with van der Waals surface area (Å²) in [7, 11) is 0. The van der Waals surface area contributed by atoms with Gasteiger partial charge < -0.3 is 14.5 Å². The lowest BCUT2D eigenvalue weighted by molar-refractivity contribution is 0.0977. The highest BCUT2D eigenvalue weighted by atomic mass is 32.1. The lowest BCUT2D eigenvalue weighted by Gasteiger charge is -2.13. The number of fused-ring (bicyclic) bond motifs is 1. The monoisotopic (exact) mass is 494 g/mol. The van der Waals surface area contributed by atoms with Crippen LogP contribution >= 0.6 is 12.2 Å². The van der Waals surface area contributed by atoms with Crippen molar-refractivity contribution in [2.75, 3.05) is 5.32 Å². The molecular formula is C28H22N4O3S. The van der Waals surface area contributed by atoms with Gasteiger partial charge in [0.15, 0.2) is 16.3 Å². The normalized spacial score (nSPS) is 10.7. The zero-order valence-corrected chi connectivity index (χ0v) is 20.2. The highest BCUT2D eigenvalue weighted by Crippen LogP contribution is 2.26. The van der Waals surface area contributed by atoms with Gasteiger partial charge in [-0.3, -0.25) is 10.1 Å². The first-order valence-electron chi connectivity index (χ1n) is 11.3. The molecule has 1 amide bonds. The number of aryl methyl sites for hydroxylation is 1. The van der Waals surface area contributed by atoms with Crippen molar-refractivity contribution in [2.24, 2.45) is 0 Å². The third kappa shape index (κ3) is 5.39. The fourth-order valence-electron chi connectivity index (χ4n) is 3.60. The van der Waals surface area contributed by atoms with Crippen molar-refractivity contribution >= 4 is 40.2 Å². The molecule has 5 aromatic rings. The van der Waals surface area contributed by atoms with Crippen molar-refractivity contribution in [3.8, 4) is 17.2 Å². The van der Waals surface area contributed by atoms with Crippen LogP contribution in [0.5, 0.6) is 5.75 Å². The smallest absolute Gasteiger partial charge is 0.257 e. The minimum atomic E-state index is -0.310. The highest BCUT2D eigenvalue weighted by molar-refractivity contribution is 7.80. The van der Waals surface area contributed by atoms with Gasteiger partial charge in [0.25, 0.3) is 5.91 Å². The van der Waals surface area contributed by atoms with Crippen LogP contribution in [0.15, 0.2) is 95.5 Å². The zero-order chi connectivity index (χ0) is 24.9. The van der Waals surface area contributed by atoms with E-state index in [1.165, 1.54) is 0 Å². The first-order chi connectivity index (χ1) is 17.5. The zero-order valence-electron chi connectivity index (χ0n) is 19.4. The third-order valence-electron chi connectivity index (χ3n) is 5.48. The van der Waals surface area contributed by atoms with E-state index in [0.29, 0.717) is 35.0 Å². The molecule has 2 heterocycles. The average Bonchev–Trinajstić information content (AvgIpc) is 3.34. The number of hydrogen-bond acceptors (Lipinski definition) is 6. The van der Waals surface area contributed by atoms with Crippen LogP contribution in [-0.2, 0) is 6.61 Å². The molecule has 0 bridgehead atoms. The largest absolute Gasteiger partial charge is 0.489 e. The van der Waals surface area contributed by atoms with Crippen LogP contribution < -0.4 is 15.4 Å². The van der Waals surface area contributed by atoms with E-state index in [4.69, 9.17) is 21.4 Å². The van der Waals surface area contributed by atoms with Gasteiger partial charge in [-0.15, -0.1) is 0 Å². The van der Waals surface area contributed by atoms with E-state index in [1.807, 2.05) is 61.5 Å². The van der Waals surface area contributed by atoms with Crippen LogP contribution in [0.3, 0.4) is 0 Å². The van der Waals surface area contributed by atoms with Gasteiger partial charge in [-0.1, -0.05) is 30.3 Å². The quantitative estimate of drug-likeness (QED) is 0.284. The van der Waals surface area contributed by atoms with E-state index in [2.05, 4.69) is 20.6 Å². The predicted molar refractivity (Wildman–Crippen MR) is 143 cm³/mol. The Kier molecular flexibility index (Phi) is 6.68. The van der Waals surface area contributed by atoms with E-state index in [0.717, 1.165) is 22.4 Å². The van der Waals surface area contributed by atoms with Crippen LogP contribution in [-0.4, -0.2) is 21.0 Å². The fraction of sp³-hybridized carbons (Fsp3) is 0.0714. The van der Waals surface area contributed by atoms with Crippen molar-refractivity contribution in [3.63, 3.8) is 0 Å². The summed E-state index contributed by atoms with van der Waals surface area (Å²) in [5.41, 5.74) is 5.25. The molecule has 178 valence electrons. The van der Waals surface area contributed by atoms with Crippen LogP contribution in [0, 0.1) is 6.92 Å². The second kappa shape index (κ2) is 10.4. The SMILES string of the molecule is Cc1cc(-c2nc3ncccc3o2)ccc1NC(=S)NC(=O)c1ccc(OCc2ccccc2)cc1. The maximum Gasteiger partial charge on any atom is 0.257 e. The van der Waals surface area contributed by atoms with Gasteiger partial charge in [0.05, 0.1) is 0 Å². The lowest BCUT2D eigenvalue weighted by Crippen LogP contribution is -2.34. The molecular weight excluding hydrogens is 472 g/mol. The Morgan fingerprint density at radius 1 is 1.00 bits per heavy atom. The maximum atomic E-state index is 12.6. The van der Waals surface area contributed by atoms with Gasteiger partial charge in [-0.05, 0) is 84.9 Å². The molecule has 2 N–H and O–H groups in total. The Bertz CT molecular complexity index is 1500. The standard InChI is InChI=1S/C28H22N4O3S/c1-18-16-21(27-31-25-24(35-27)8-5-15-29-25)11-14-23(18)30-28(36)32-26(33)20-9-12-22(13-10-20)34-17-19-6-3-2-4-7-19/h2-16H,17H2,1H3,(H2,30,32,33,36). The van der Waals surface area contributed by atoms with Crippen molar-refractivity contribution in [1.29, 1.82) is 0 Å². The Morgan fingerprint density at radius 3 is 2.56 bits per heavy atom. The van der Waals surface area contributed by atoms with Gasteiger partial charge >= 0.3 is 0 Å². The number of nitrogens with zero attached hydrogens (tertiary/aromatic N) is 2. The number of carbonyl (C=O) groups is 1. The van der Waals surface area contributed by atoms with Gasteiger partial charge in [-0.2, -0.15) is 4.98 Å². The summed E-state index contributed by atoms with van der Waals surface area (Å²) in [6.07, 6.45) is 1.68. The second-order valence-corrected chi connectivity index (χ2v) is 8.49. The molecule has 3 aromatic carbocycles. The summed E-state index contributed by atoms with van der Waals surface area (Å²) in [6.45, 7) is 2.40. The molecule has 0 saturated carbocycles. The molecule has 0 radical (unpaired) electrons. The third-order valence-corrected chi connectivity index (χ3v) is 5.68. The minimum Gasteiger partial charge on any atom is -0.489 e. The second-order valence-electron chi connectivity index (χ2n) is 8.08. The number of thiocarbonyl (C=S) groups is 1. The number of carbonyl (C=O) groups excluding carboxylic acids is 1. The number of ether oxygens (including phenoxy) is 1. The number of pyridine rings is 1. The van der Waals surface area contributed by atoms with Crippen molar-refractivity contribution in [2.45, 2.75) is 13.5 Å². The van der Waals surface area contributed by atoms with E-state index in [9.17, 15) is 4.79 Å². The lowest BCUT2D eigenvalue weighted by atomic mass is 10.1. The molecule has 0 fully saturated rings. The van der Waals surface area contributed by atoms with Crippen molar-refractivity contribution in [1.82, 2.24) is 15.3 Å². The first-order valence-corrected chi connectivity index (χ1v) is 11.7. The van der Waals surface area contributed by atoms with Gasteiger partial charge in [-0.25, -0.2) is 4.98 Å². The van der Waals surface area contributed by atoms with Crippen LogP contribution in [0.25, 0.3) is 22.7 Å². The fourth-order valence-corrected chi connectivity index (χ4v) is 3.80. The Labute approximate surface area is 213 Å². The van der Waals surface area contributed by atoms with E-state index >= 15 is 0 Å². The molecule has 5 rings (SSSR count). The van der Waals surface area contributed by atoms with Crippen LogP contribution in [0.2, 0.25) is 0 Å². The molecule has 0 aliphatic carbocycles. The summed E-state index contributed by atoms with van der Waals surface area (Å²) < 4.78 is 11.6. The molecule has 36 heavy (non-hydrogen) atoms. The van der Waals surface area contributed by atoms with E-state index in [-0.39, 0.29) is 11.0 Å². The molecule has 0 atom stereocenters. The minimum absolute atomic E-state index is 0.200. The van der Waals surface area contributed by atoms with Gasteiger partial charge in [0, 0.05) is 23.0 Å². The van der Waals surface area contributed by atoms with Crippen molar-refractivity contribution in [3.05, 3.63) is 108 Å². The number of amides is 1. The summed E-state index contributed by atoms with van der Waals surface area (Å²) in [5.74, 6) is 0.863. The Morgan fingerprint density at radius 2 is 1.81 bits per heavy atom. The number of anilines is 1. The topological polar surface area (TPSA) is 89.3 Å². The van der Waals surface area contributed by atoms with Crippen LogP contribution in [0.1, 0.15) is 21.5 Å². The van der Waals surface area contributed by atoms with Gasteiger partial charge in [0.2, 0.25) is 5.89 Å². The summed E-state index contributed by atoms with van der Waals surface area (Å²) in [4.78, 5) is 21.3. The molecule has 0 spiro atoms. The molecule has 2 aromatic heterocycles. The number of oxazole rings is 1. The van der Waals surface area contributed by atoms with Crippen molar-refractivity contribution < 1.29 is 13.9 Å². The Hall–Kier alpha value is -4.56. The predicted octanol–water partition coefficient (Wildman–Crippen LogP) is 5.90. The highest BCUT2D eigenvalue weighted by Gasteiger charge is 2.12. The number of benzene rings is 3. The number of nitrogens with one attached hydrogen (secondary N) is 2. The molecule has 0 unspecified atom stereocenters. The number of rotatable bonds is 6. The summed E-state index contributed by atoms with van der Waals surface area (Å²) >= 11 is 5.36. The average molecular weight is 495 g/mol.